The van der Waals surface area contributed by atoms with E-state index < -0.39 is 11.8 Å². The summed E-state index contributed by atoms with van der Waals surface area (Å²) in [6.45, 7) is 0. The lowest BCUT2D eigenvalue weighted by Crippen LogP contribution is -2.34. The van der Waals surface area contributed by atoms with Gasteiger partial charge >= 0.3 is 0 Å². The molecule has 2 aromatic carbocycles. The SMILES string of the molecule is O=C1/C(=C\c2ccc(Br)cc2)SC(=S)N1C(=O)c1ccccc1Cl. The second-order valence-corrected chi connectivity index (χ2v) is 7.85. The largest absolute Gasteiger partial charge is 0.273 e. The zero-order valence-corrected chi connectivity index (χ0v) is 16.0. The maximum absolute atomic E-state index is 12.6. The highest BCUT2D eigenvalue weighted by molar-refractivity contribution is 9.10. The van der Waals surface area contributed by atoms with Crippen molar-refractivity contribution < 1.29 is 9.59 Å². The van der Waals surface area contributed by atoms with Crippen molar-refractivity contribution in [2.45, 2.75) is 0 Å². The Kier molecular flexibility index (Phi) is 5.20. The van der Waals surface area contributed by atoms with E-state index in [0.29, 0.717) is 4.91 Å². The van der Waals surface area contributed by atoms with Crippen molar-refractivity contribution >= 4 is 73.7 Å². The van der Waals surface area contributed by atoms with Gasteiger partial charge in [0.1, 0.15) is 0 Å². The van der Waals surface area contributed by atoms with Crippen LogP contribution in [0.3, 0.4) is 0 Å². The maximum Gasteiger partial charge on any atom is 0.273 e. The summed E-state index contributed by atoms with van der Waals surface area (Å²) in [6.07, 6.45) is 1.71. The lowest BCUT2D eigenvalue weighted by Gasteiger charge is -2.13. The van der Waals surface area contributed by atoms with Gasteiger partial charge in [-0.3, -0.25) is 9.59 Å². The number of imide groups is 1. The number of amides is 2. The third-order valence-electron chi connectivity index (χ3n) is 3.27. The minimum atomic E-state index is -0.512. The molecule has 0 atom stereocenters. The maximum atomic E-state index is 12.6. The summed E-state index contributed by atoms with van der Waals surface area (Å²) in [5.41, 5.74) is 1.10. The van der Waals surface area contributed by atoms with E-state index in [0.717, 1.165) is 26.7 Å². The molecule has 3 nitrogen and oxygen atoms in total. The van der Waals surface area contributed by atoms with Crippen LogP contribution in [0.4, 0.5) is 0 Å². The quantitative estimate of drug-likeness (QED) is 0.369. The summed E-state index contributed by atoms with van der Waals surface area (Å²) in [5, 5.41) is 0.286. The third kappa shape index (κ3) is 3.47. The fraction of sp³-hybridized carbons (Fsp3) is 0. The van der Waals surface area contributed by atoms with Crippen molar-refractivity contribution in [2.75, 3.05) is 0 Å². The van der Waals surface area contributed by atoms with Crippen LogP contribution in [0.1, 0.15) is 15.9 Å². The van der Waals surface area contributed by atoms with Crippen LogP contribution in [0, 0.1) is 0 Å². The zero-order chi connectivity index (χ0) is 17.3. The first-order chi connectivity index (χ1) is 11.5. The lowest BCUT2D eigenvalue weighted by molar-refractivity contribution is -0.120. The van der Waals surface area contributed by atoms with Crippen LogP contribution in [0.2, 0.25) is 5.02 Å². The topological polar surface area (TPSA) is 37.4 Å². The van der Waals surface area contributed by atoms with Gasteiger partial charge in [0, 0.05) is 4.47 Å². The fourth-order valence-electron chi connectivity index (χ4n) is 2.11. The van der Waals surface area contributed by atoms with Crippen molar-refractivity contribution in [3.05, 3.63) is 74.1 Å². The molecule has 0 N–H and O–H groups in total. The molecule has 0 saturated carbocycles. The van der Waals surface area contributed by atoms with Crippen molar-refractivity contribution in [3.63, 3.8) is 0 Å². The molecule has 0 bridgehead atoms. The fourth-order valence-corrected chi connectivity index (χ4v) is 3.84. The number of nitrogens with zero attached hydrogens (tertiary/aromatic N) is 1. The van der Waals surface area contributed by atoms with E-state index >= 15 is 0 Å². The molecular formula is C17H9BrClNO2S2. The molecule has 1 saturated heterocycles. The Labute approximate surface area is 161 Å². The molecule has 0 radical (unpaired) electrons. The van der Waals surface area contributed by atoms with Crippen molar-refractivity contribution in [2.24, 2.45) is 0 Å². The van der Waals surface area contributed by atoms with Gasteiger partial charge in [0.15, 0.2) is 4.32 Å². The highest BCUT2D eigenvalue weighted by atomic mass is 79.9. The number of halogens is 2. The Morgan fingerprint density at radius 2 is 1.83 bits per heavy atom. The second kappa shape index (κ2) is 7.19. The number of benzene rings is 2. The molecule has 1 fully saturated rings. The van der Waals surface area contributed by atoms with Gasteiger partial charge in [-0.15, -0.1) is 0 Å². The Morgan fingerprint density at radius 3 is 2.50 bits per heavy atom. The van der Waals surface area contributed by atoms with E-state index in [-0.39, 0.29) is 14.9 Å². The Bertz CT molecular complexity index is 880. The number of carbonyl (C=O) groups is 2. The average molecular weight is 439 g/mol. The number of thiocarbonyl (C=S) groups is 1. The normalized spacial score (nSPS) is 16.1. The monoisotopic (exact) mass is 437 g/mol. The molecule has 120 valence electrons. The molecule has 0 aromatic heterocycles. The summed E-state index contributed by atoms with van der Waals surface area (Å²) >= 11 is 15.7. The predicted molar refractivity (Wildman–Crippen MR) is 105 cm³/mol. The second-order valence-electron chi connectivity index (χ2n) is 4.85. The number of rotatable bonds is 2. The summed E-state index contributed by atoms with van der Waals surface area (Å²) < 4.78 is 1.15. The molecular weight excluding hydrogens is 430 g/mol. The summed E-state index contributed by atoms with van der Waals surface area (Å²) in [7, 11) is 0. The molecule has 1 heterocycles. The molecule has 1 aliphatic heterocycles. The van der Waals surface area contributed by atoms with E-state index in [1.807, 2.05) is 24.3 Å². The van der Waals surface area contributed by atoms with Crippen LogP contribution in [0.5, 0.6) is 0 Å². The summed E-state index contributed by atoms with van der Waals surface area (Å²) in [6, 6.07) is 14.1. The van der Waals surface area contributed by atoms with Crippen LogP contribution < -0.4 is 0 Å². The molecule has 3 rings (SSSR count). The first-order valence-corrected chi connectivity index (χ1v) is 9.19. The van der Waals surface area contributed by atoms with Gasteiger partial charge in [-0.05, 0) is 35.9 Å². The molecule has 0 spiro atoms. The van der Waals surface area contributed by atoms with Crippen molar-refractivity contribution in [1.82, 2.24) is 4.90 Å². The number of thioether (sulfide) groups is 1. The van der Waals surface area contributed by atoms with Gasteiger partial charge in [0.2, 0.25) is 0 Å². The van der Waals surface area contributed by atoms with E-state index in [1.165, 1.54) is 0 Å². The highest BCUT2D eigenvalue weighted by Crippen LogP contribution is 2.34. The molecule has 2 amide bonds. The molecule has 1 aliphatic rings. The van der Waals surface area contributed by atoms with E-state index in [2.05, 4.69) is 15.9 Å². The number of carbonyl (C=O) groups excluding carboxylic acids is 2. The Hall–Kier alpha value is -1.47. The standard InChI is InChI=1S/C17H9BrClNO2S2/c18-11-7-5-10(6-8-11)9-14-16(22)20(17(23)24-14)15(21)12-3-1-2-4-13(12)19/h1-9H/b14-9+. The first-order valence-electron chi connectivity index (χ1n) is 6.80. The predicted octanol–water partition coefficient (Wildman–Crippen LogP) is 5.14. The van der Waals surface area contributed by atoms with E-state index in [1.54, 1.807) is 30.3 Å². The minimum Gasteiger partial charge on any atom is -0.268 e. The number of hydrogen-bond acceptors (Lipinski definition) is 4. The van der Waals surface area contributed by atoms with Crippen LogP contribution in [-0.4, -0.2) is 21.0 Å². The van der Waals surface area contributed by atoms with Crippen molar-refractivity contribution in [3.8, 4) is 0 Å². The molecule has 2 aromatic rings. The van der Waals surface area contributed by atoms with Crippen LogP contribution in [-0.2, 0) is 4.79 Å². The van der Waals surface area contributed by atoms with Gasteiger partial charge in [-0.1, -0.05) is 75.8 Å². The molecule has 24 heavy (non-hydrogen) atoms. The third-order valence-corrected chi connectivity index (χ3v) is 5.43. The Morgan fingerprint density at radius 1 is 1.17 bits per heavy atom. The first kappa shape index (κ1) is 17.4. The molecule has 7 heteroatoms. The lowest BCUT2D eigenvalue weighted by atomic mass is 10.2. The zero-order valence-electron chi connectivity index (χ0n) is 12.0. The number of hydrogen-bond donors (Lipinski definition) is 0. The average Bonchev–Trinajstić information content (AvgIpc) is 2.83. The van der Waals surface area contributed by atoms with Crippen LogP contribution in [0.25, 0.3) is 6.08 Å². The van der Waals surface area contributed by atoms with Gasteiger partial charge in [-0.25, -0.2) is 4.90 Å². The van der Waals surface area contributed by atoms with Gasteiger partial charge < -0.3 is 0 Å². The Balaban J connectivity index is 1.91. The van der Waals surface area contributed by atoms with E-state index in [4.69, 9.17) is 23.8 Å². The van der Waals surface area contributed by atoms with Gasteiger partial charge in [0.05, 0.1) is 15.5 Å². The van der Waals surface area contributed by atoms with Crippen molar-refractivity contribution in [1.29, 1.82) is 0 Å². The smallest absolute Gasteiger partial charge is 0.268 e. The van der Waals surface area contributed by atoms with E-state index in [9.17, 15) is 9.59 Å². The minimum absolute atomic E-state index is 0.202. The van der Waals surface area contributed by atoms with Gasteiger partial charge in [-0.2, -0.15) is 0 Å². The summed E-state index contributed by atoms with van der Waals surface area (Å²) in [5.74, 6) is -0.944. The van der Waals surface area contributed by atoms with Crippen LogP contribution >= 0.6 is 51.5 Å². The highest BCUT2D eigenvalue weighted by Gasteiger charge is 2.37. The van der Waals surface area contributed by atoms with Crippen LogP contribution in [0.15, 0.2) is 57.9 Å². The molecule has 0 aliphatic carbocycles. The molecule has 0 unspecified atom stereocenters. The van der Waals surface area contributed by atoms with Gasteiger partial charge in [0.25, 0.3) is 11.8 Å². The summed E-state index contributed by atoms with van der Waals surface area (Å²) in [4.78, 5) is 26.6.